The second-order valence-electron chi connectivity index (χ2n) is 15.4. The molecule has 0 amide bonds. The van der Waals surface area contributed by atoms with Crippen molar-refractivity contribution in [3.05, 3.63) is 236 Å². The van der Waals surface area contributed by atoms with E-state index in [1.807, 2.05) is 72.8 Å². The molecule has 0 aliphatic heterocycles. The largest absolute Gasteiger partial charge is 0.309 e. The molecule has 0 radical (unpaired) electrons. The van der Waals surface area contributed by atoms with Crippen LogP contribution in [-0.2, 0) is 0 Å². The Morgan fingerprint density at radius 3 is 0.984 bits per heavy atom. The molecule has 0 bridgehead atoms. The standard InChI is InChI=1S/C60H39N3/c1-4-18-40(19-5-1)43-36-50(41-20-6-2-7-21-41)60(51(37-43)42-22-8-3-9-23-42)63-58-34-32-44(61-54-28-14-10-24-46(54)47-25-11-15-29-55(47)61)38-52(58)53-39-45(33-35-59(53)63)62-56-30-16-12-26-48(56)49-27-13-17-31-57(49)62/h1-39H/i1D,2D,3D,4D,5D,6D,7D,8D,9D,18D,19D,20D,21D,22D,23D. The third-order valence-corrected chi connectivity index (χ3v) is 12.1. The molecular weight excluding hydrogens is 763 g/mol. The van der Waals surface area contributed by atoms with Gasteiger partial charge in [0.1, 0.15) is 0 Å². The minimum absolute atomic E-state index is 0.0254. The van der Waals surface area contributed by atoms with Crippen LogP contribution in [-0.4, -0.2) is 13.7 Å². The number of hydrogen-bond acceptors (Lipinski definition) is 0. The number of benzene rings is 10. The van der Waals surface area contributed by atoms with Gasteiger partial charge in [-0.05, 0) is 95.1 Å². The van der Waals surface area contributed by atoms with E-state index in [0.29, 0.717) is 21.8 Å². The summed E-state index contributed by atoms with van der Waals surface area (Å²) in [6, 6.07) is 37.0. The first-order valence-electron chi connectivity index (χ1n) is 28.0. The highest BCUT2D eigenvalue weighted by Crippen LogP contribution is 2.45. The first-order chi connectivity index (χ1) is 37.5. The van der Waals surface area contributed by atoms with Gasteiger partial charge in [0, 0.05) is 54.8 Å². The molecule has 0 fully saturated rings. The normalized spacial score (nSPS) is 15.1. The lowest BCUT2D eigenvalue weighted by molar-refractivity contribution is 1.16. The zero-order valence-corrected chi connectivity index (χ0v) is 33.2. The number of rotatable bonds is 6. The minimum atomic E-state index is -0.691. The molecule has 0 aliphatic rings. The summed E-state index contributed by atoms with van der Waals surface area (Å²) >= 11 is 0. The van der Waals surface area contributed by atoms with Crippen LogP contribution >= 0.6 is 0 Å². The molecule has 0 N–H and O–H groups in total. The van der Waals surface area contributed by atoms with Gasteiger partial charge in [-0.15, -0.1) is 0 Å². The van der Waals surface area contributed by atoms with Crippen molar-refractivity contribution in [2.45, 2.75) is 0 Å². The second kappa shape index (κ2) is 14.1. The fourth-order valence-electron chi connectivity index (χ4n) is 9.48. The second-order valence-corrected chi connectivity index (χ2v) is 15.4. The minimum Gasteiger partial charge on any atom is -0.309 e. The molecule has 3 heteroatoms. The maximum Gasteiger partial charge on any atom is 0.0629 e. The third kappa shape index (κ3) is 5.46. The number of para-hydroxylation sites is 4. The highest BCUT2D eigenvalue weighted by Gasteiger charge is 2.24. The maximum atomic E-state index is 9.51. The van der Waals surface area contributed by atoms with Crippen LogP contribution in [0.5, 0.6) is 0 Å². The van der Waals surface area contributed by atoms with Gasteiger partial charge in [-0.1, -0.05) is 163 Å². The Hall–Kier alpha value is -8.40. The zero-order chi connectivity index (χ0) is 54.5. The summed E-state index contributed by atoms with van der Waals surface area (Å²) in [5.74, 6) is 0. The Morgan fingerprint density at radius 1 is 0.270 bits per heavy atom. The highest BCUT2D eigenvalue weighted by molar-refractivity contribution is 6.15. The molecular formula is C60H39N3. The van der Waals surface area contributed by atoms with Crippen molar-refractivity contribution >= 4 is 65.4 Å². The molecule has 10 aromatic carbocycles. The van der Waals surface area contributed by atoms with Crippen LogP contribution in [0.1, 0.15) is 20.6 Å². The Kier molecular flexibility index (Phi) is 5.27. The smallest absolute Gasteiger partial charge is 0.0629 e. The molecule has 3 heterocycles. The highest BCUT2D eigenvalue weighted by atomic mass is 15.0. The monoisotopic (exact) mass is 816 g/mol. The summed E-state index contributed by atoms with van der Waals surface area (Å²) in [5, 5.41) is 5.51. The van der Waals surface area contributed by atoms with Crippen LogP contribution < -0.4 is 0 Å². The van der Waals surface area contributed by atoms with Gasteiger partial charge < -0.3 is 13.7 Å². The van der Waals surface area contributed by atoms with Gasteiger partial charge in [0.25, 0.3) is 0 Å². The fourth-order valence-corrected chi connectivity index (χ4v) is 9.48. The molecule has 3 aromatic heterocycles. The first kappa shape index (κ1) is 23.6. The summed E-state index contributed by atoms with van der Waals surface area (Å²) < 4.78 is 141. The van der Waals surface area contributed by atoms with Gasteiger partial charge in [0.15, 0.2) is 0 Å². The van der Waals surface area contributed by atoms with E-state index < -0.39 is 90.6 Å². The van der Waals surface area contributed by atoms with Gasteiger partial charge in [-0.2, -0.15) is 0 Å². The average molecular weight is 817 g/mol. The van der Waals surface area contributed by atoms with E-state index in [9.17, 15) is 5.48 Å². The maximum absolute atomic E-state index is 9.51. The summed E-state index contributed by atoms with van der Waals surface area (Å²) in [4.78, 5) is 0. The SMILES string of the molecule is [2H]c1c([2H])c([2H])c(-c2cc(-c3c([2H])c([2H])c([2H])c([2H])c3[2H])c(-n3c4ccc(-n5c6ccccc6c6ccccc65)cc4c4cc(-n5c6ccccc6c6ccccc65)ccc43)c(-c3c([2H])c([2H])c([2H])c([2H])c3[2H])c2)c([2H])c1[2H]. The van der Waals surface area contributed by atoms with Crippen LogP contribution in [0, 0.1) is 0 Å². The first-order valence-corrected chi connectivity index (χ1v) is 20.5. The Balaban J connectivity index is 1.25. The molecule has 3 nitrogen and oxygen atoms in total. The van der Waals surface area contributed by atoms with E-state index in [1.54, 1.807) is 4.57 Å². The van der Waals surface area contributed by atoms with Crippen molar-refractivity contribution in [1.82, 2.24) is 13.7 Å². The lowest BCUT2D eigenvalue weighted by atomic mass is 9.90. The average Bonchev–Trinajstić information content (AvgIpc) is 4.06. The molecule has 0 aliphatic carbocycles. The van der Waals surface area contributed by atoms with Crippen molar-refractivity contribution < 1.29 is 20.6 Å². The quantitative estimate of drug-likeness (QED) is 0.159. The third-order valence-electron chi connectivity index (χ3n) is 12.1. The van der Waals surface area contributed by atoms with Crippen LogP contribution in [0.4, 0.5) is 0 Å². The number of nitrogens with zero attached hydrogens (tertiary/aromatic N) is 3. The fraction of sp³-hybridized carbons (Fsp3) is 0. The van der Waals surface area contributed by atoms with Crippen molar-refractivity contribution in [3.8, 4) is 50.4 Å². The predicted octanol–water partition coefficient (Wildman–Crippen LogP) is 16.0. The molecule has 0 unspecified atom stereocenters. The molecule has 294 valence electrons. The van der Waals surface area contributed by atoms with Crippen molar-refractivity contribution in [3.63, 3.8) is 0 Å². The van der Waals surface area contributed by atoms with Gasteiger partial charge in [-0.25, -0.2) is 0 Å². The molecule has 13 rings (SSSR count). The number of hydrogen-bond donors (Lipinski definition) is 0. The summed E-state index contributed by atoms with van der Waals surface area (Å²) in [5.41, 5.74) is 5.03. The van der Waals surface area contributed by atoms with Crippen LogP contribution in [0.25, 0.3) is 116 Å². The lowest BCUT2D eigenvalue weighted by Crippen LogP contribution is -2.02. The zero-order valence-electron chi connectivity index (χ0n) is 48.2. The molecule has 63 heavy (non-hydrogen) atoms. The Morgan fingerprint density at radius 2 is 0.603 bits per heavy atom. The van der Waals surface area contributed by atoms with Gasteiger partial charge in [-0.3, -0.25) is 0 Å². The van der Waals surface area contributed by atoms with E-state index >= 15 is 0 Å². The number of aromatic nitrogens is 3. The Labute approximate surface area is 385 Å². The molecule has 13 aromatic rings. The Bertz CT molecular complexity index is 4360. The van der Waals surface area contributed by atoms with Crippen molar-refractivity contribution in [2.24, 2.45) is 0 Å². The topological polar surface area (TPSA) is 14.8 Å². The van der Waals surface area contributed by atoms with Crippen molar-refractivity contribution in [1.29, 1.82) is 0 Å². The molecule has 0 atom stereocenters. The predicted molar refractivity (Wildman–Crippen MR) is 266 cm³/mol. The molecule has 0 spiro atoms. The lowest BCUT2D eigenvalue weighted by Gasteiger charge is -2.21. The van der Waals surface area contributed by atoms with Gasteiger partial charge in [0.2, 0.25) is 0 Å². The van der Waals surface area contributed by atoms with Crippen LogP contribution in [0.3, 0.4) is 0 Å². The van der Waals surface area contributed by atoms with E-state index in [0.717, 1.165) is 55.0 Å². The van der Waals surface area contributed by atoms with E-state index in [4.69, 9.17) is 15.1 Å². The van der Waals surface area contributed by atoms with Gasteiger partial charge in [0.05, 0.1) is 59.3 Å². The summed E-state index contributed by atoms with van der Waals surface area (Å²) in [6.07, 6.45) is 0. The van der Waals surface area contributed by atoms with Crippen LogP contribution in [0.2, 0.25) is 0 Å². The molecule has 0 saturated carbocycles. The summed E-state index contributed by atoms with van der Waals surface area (Å²) in [7, 11) is 0. The molecule has 0 saturated heterocycles. The van der Waals surface area contributed by atoms with E-state index in [-0.39, 0.29) is 39.1 Å². The van der Waals surface area contributed by atoms with Crippen molar-refractivity contribution in [2.75, 3.05) is 0 Å². The van der Waals surface area contributed by atoms with E-state index in [1.165, 1.54) is 12.1 Å². The van der Waals surface area contributed by atoms with E-state index in [2.05, 4.69) is 69.8 Å². The summed E-state index contributed by atoms with van der Waals surface area (Å²) in [6.45, 7) is 0. The van der Waals surface area contributed by atoms with Crippen LogP contribution in [0.15, 0.2) is 236 Å². The van der Waals surface area contributed by atoms with Gasteiger partial charge >= 0.3 is 0 Å². The number of fused-ring (bicyclic) bond motifs is 9.